The predicted molar refractivity (Wildman–Crippen MR) is 121 cm³/mol. The van der Waals surface area contributed by atoms with E-state index in [1.54, 1.807) is 32.0 Å². The quantitative estimate of drug-likeness (QED) is 0.462. The molecule has 0 saturated carbocycles. The number of hydrogen-bond acceptors (Lipinski definition) is 8. The monoisotopic (exact) mass is 495 g/mol. The van der Waals surface area contributed by atoms with Gasteiger partial charge >= 0.3 is 5.97 Å². The number of piperidine rings is 1. The highest BCUT2D eigenvalue weighted by atomic mass is 35.5. The van der Waals surface area contributed by atoms with E-state index in [4.69, 9.17) is 20.9 Å². The van der Waals surface area contributed by atoms with Gasteiger partial charge in [-0.1, -0.05) is 28.9 Å². The lowest BCUT2D eigenvalue weighted by atomic mass is 10.1. The van der Waals surface area contributed by atoms with Crippen molar-refractivity contribution in [3.05, 3.63) is 40.2 Å². The zero-order valence-electron chi connectivity index (χ0n) is 17.6. The molecule has 1 aromatic carbocycles. The van der Waals surface area contributed by atoms with E-state index in [1.165, 1.54) is 21.7 Å². The van der Waals surface area contributed by atoms with Gasteiger partial charge in [0.15, 0.2) is 0 Å². The SMILES string of the molecule is CCOC(=O)[C@H]1CCCCN1S(=O)(=O)c1cc(-c2nc(-c3cccc(Cl)c3)no2)sc1C. The number of aromatic nitrogens is 2. The third-order valence-electron chi connectivity index (χ3n) is 5.19. The van der Waals surface area contributed by atoms with Crippen molar-refractivity contribution in [1.29, 1.82) is 0 Å². The number of thiophene rings is 1. The number of ether oxygens (including phenoxy) is 1. The van der Waals surface area contributed by atoms with Gasteiger partial charge in [-0.2, -0.15) is 9.29 Å². The molecular weight excluding hydrogens is 474 g/mol. The second kappa shape index (κ2) is 9.30. The number of esters is 1. The van der Waals surface area contributed by atoms with Gasteiger partial charge in [-0.15, -0.1) is 11.3 Å². The molecule has 1 atom stereocenters. The average molecular weight is 496 g/mol. The lowest BCUT2D eigenvalue weighted by molar-refractivity contribution is -0.148. The number of halogens is 1. The normalized spacial score (nSPS) is 17.4. The molecule has 2 aromatic heterocycles. The smallest absolute Gasteiger partial charge is 0.324 e. The molecule has 1 fully saturated rings. The lowest BCUT2D eigenvalue weighted by Crippen LogP contribution is -2.48. The predicted octanol–water partition coefficient (Wildman–Crippen LogP) is 4.53. The van der Waals surface area contributed by atoms with Gasteiger partial charge in [0.1, 0.15) is 6.04 Å². The Labute approximate surface area is 195 Å². The molecule has 32 heavy (non-hydrogen) atoms. The van der Waals surface area contributed by atoms with Crippen LogP contribution in [0.2, 0.25) is 5.02 Å². The van der Waals surface area contributed by atoms with E-state index < -0.39 is 22.0 Å². The van der Waals surface area contributed by atoms with Crippen LogP contribution in [-0.2, 0) is 19.6 Å². The summed E-state index contributed by atoms with van der Waals surface area (Å²) < 4.78 is 38.7. The fourth-order valence-corrected chi connectivity index (χ4v) is 7.01. The molecule has 170 valence electrons. The van der Waals surface area contributed by atoms with Gasteiger partial charge in [0, 0.05) is 22.0 Å². The van der Waals surface area contributed by atoms with Crippen molar-refractivity contribution in [3.63, 3.8) is 0 Å². The van der Waals surface area contributed by atoms with Gasteiger partial charge in [-0.25, -0.2) is 8.42 Å². The summed E-state index contributed by atoms with van der Waals surface area (Å²) in [5.74, 6) is 0.0680. The van der Waals surface area contributed by atoms with E-state index >= 15 is 0 Å². The topological polar surface area (TPSA) is 103 Å². The summed E-state index contributed by atoms with van der Waals surface area (Å²) in [7, 11) is -3.91. The Kier molecular flexibility index (Phi) is 6.66. The molecule has 8 nitrogen and oxygen atoms in total. The maximum Gasteiger partial charge on any atom is 0.324 e. The summed E-state index contributed by atoms with van der Waals surface area (Å²) in [6.45, 7) is 3.91. The molecule has 0 amide bonds. The van der Waals surface area contributed by atoms with Crippen LogP contribution < -0.4 is 0 Å². The zero-order chi connectivity index (χ0) is 22.9. The first-order valence-electron chi connectivity index (χ1n) is 10.2. The van der Waals surface area contributed by atoms with E-state index in [0.29, 0.717) is 39.0 Å². The molecular formula is C21H22ClN3O5S2. The molecule has 1 saturated heterocycles. The van der Waals surface area contributed by atoms with E-state index in [9.17, 15) is 13.2 Å². The Hall–Kier alpha value is -2.27. The van der Waals surface area contributed by atoms with Crippen LogP contribution >= 0.6 is 22.9 Å². The van der Waals surface area contributed by atoms with E-state index in [2.05, 4.69) is 10.1 Å². The minimum atomic E-state index is -3.91. The lowest BCUT2D eigenvalue weighted by Gasteiger charge is -2.32. The average Bonchev–Trinajstić information content (AvgIpc) is 3.41. The molecule has 0 unspecified atom stereocenters. The maximum atomic E-state index is 13.5. The van der Waals surface area contributed by atoms with Crippen molar-refractivity contribution in [3.8, 4) is 22.2 Å². The Morgan fingerprint density at radius 1 is 1.34 bits per heavy atom. The second-order valence-electron chi connectivity index (χ2n) is 7.34. The standard InChI is InChI=1S/C21H22ClN3O5S2/c1-3-29-21(26)16-9-4-5-10-25(16)32(27,28)18-12-17(31-13(18)2)20-23-19(24-30-20)14-7-6-8-15(22)11-14/h6-8,11-12,16H,3-5,9-10H2,1-2H3/t16-/m1/s1. The van der Waals surface area contributed by atoms with Crippen LogP contribution in [0.4, 0.5) is 0 Å². The van der Waals surface area contributed by atoms with E-state index in [1.807, 2.05) is 6.07 Å². The largest absolute Gasteiger partial charge is 0.465 e. The summed E-state index contributed by atoms with van der Waals surface area (Å²) >= 11 is 7.28. The first-order valence-corrected chi connectivity index (χ1v) is 12.8. The minimum Gasteiger partial charge on any atom is -0.465 e. The number of hydrogen-bond donors (Lipinski definition) is 0. The highest BCUT2D eigenvalue weighted by molar-refractivity contribution is 7.89. The first kappa shape index (κ1) is 22.9. The van der Waals surface area contributed by atoms with Crippen molar-refractivity contribution in [1.82, 2.24) is 14.4 Å². The van der Waals surface area contributed by atoms with Gasteiger partial charge in [0.2, 0.25) is 15.8 Å². The molecule has 1 aliphatic heterocycles. The molecule has 0 N–H and O–H groups in total. The highest BCUT2D eigenvalue weighted by Gasteiger charge is 2.39. The molecule has 0 radical (unpaired) electrons. The summed E-state index contributed by atoms with van der Waals surface area (Å²) in [5.41, 5.74) is 0.694. The van der Waals surface area contributed by atoms with E-state index in [-0.39, 0.29) is 23.9 Å². The Morgan fingerprint density at radius 3 is 2.91 bits per heavy atom. The Morgan fingerprint density at radius 2 is 2.16 bits per heavy atom. The minimum absolute atomic E-state index is 0.135. The van der Waals surface area contributed by atoms with Gasteiger partial charge < -0.3 is 9.26 Å². The molecule has 0 aliphatic carbocycles. The van der Waals surface area contributed by atoms with Crippen LogP contribution in [0.25, 0.3) is 22.2 Å². The van der Waals surface area contributed by atoms with Crippen LogP contribution in [0.3, 0.4) is 0 Å². The van der Waals surface area contributed by atoms with Gasteiger partial charge in [0.05, 0.1) is 16.4 Å². The fourth-order valence-electron chi connectivity index (χ4n) is 3.69. The van der Waals surface area contributed by atoms with Crippen LogP contribution in [0.15, 0.2) is 39.8 Å². The number of carbonyl (C=O) groups excluding carboxylic acids is 1. The second-order valence-corrected chi connectivity index (χ2v) is 10.9. The molecule has 3 heterocycles. The third-order valence-corrected chi connectivity index (χ3v) is 8.63. The van der Waals surface area contributed by atoms with Crippen LogP contribution in [-0.4, -0.2) is 48.0 Å². The molecule has 1 aliphatic rings. The number of sulfonamides is 1. The highest BCUT2D eigenvalue weighted by Crippen LogP contribution is 2.36. The number of aryl methyl sites for hydroxylation is 1. The number of benzene rings is 1. The Balaban J connectivity index is 1.65. The van der Waals surface area contributed by atoms with Crippen LogP contribution in [0.5, 0.6) is 0 Å². The van der Waals surface area contributed by atoms with Crippen molar-refractivity contribution in [2.45, 2.75) is 44.0 Å². The van der Waals surface area contributed by atoms with E-state index in [0.717, 1.165) is 6.42 Å². The summed E-state index contributed by atoms with van der Waals surface area (Å²) in [6.07, 6.45) is 1.91. The molecule has 11 heteroatoms. The first-order chi connectivity index (χ1) is 15.3. The van der Waals surface area contributed by atoms with Crippen LogP contribution in [0, 0.1) is 6.92 Å². The van der Waals surface area contributed by atoms with Gasteiger partial charge in [-0.05, 0) is 51.3 Å². The van der Waals surface area contributed by atoms with Crippen LogP contribution in [0.1, 0.15) is 31.1 Å². The number of carbonyl (C=O) groups is 1. The van der Waals surface area contributed by atoms with Crippen molar-refractivity contribution < 1.29 is 22.5 Å². The van der Waals surface area contributed by atoms with Crippen molar-refractivity contribution in [2.24, 2.45) is 0 Å². The maximum absolute atomic E-state index is 13.5. The number of nitrogens with zero attached hydrogens (tertiary/aromatic N) is 3. The molecule has 3 aromatic rings. The summed E-state index contributed by atoms with van der Waals surface area (Å²) in [4.78, 5) is 18.0. The molecule has 0 bridgehead atoms. The molecule has 0 spiro atoms. The Bertz CT molecular complexity index is 1240. The van der Waals surface area contributed by atoms with Crippen molar-refractivity contribution >= 4 is 38.9 Å². The fraction of sp³-hybridized carbons (Fsp3) is 0.381. The van der Waals surface area contributed by atoms with Crippen molar-refractivity contribution in [2.75, 3.05) is 13.2 Å². The summed E-state index contributed by atoms with van der Waals surface area (Å²) in [6, 6.07) is 7.78. The van der Waals surface area contributed by atoms with Gasteiger partial charge in [0.25, 0.3) is 5.89 Å². The zero-order valence-corrected chi connectivity index (χ0v) is 20.0. The third kappa shape index (κ3) is 4.45. The molecule has 4 rings (SSSR count). The summed E-state index contributed by atoms with van der Waals surface area (Å²) in [5, 5.41) is 4.54. The number of rotatable bonds is 6. The van der Waals surface area contributed by atoms with Gasteiger partial charge in [-0.3, -0.25) is 4.79 Å².